The standard InChI is InChI=1S/C31H32O6/c1-6-21-35-30(23-32,36-22-7-2)24(3)37-31(25-11-9-8-10-12-25,26-13-17-28(33-4)18-14-26)27-15-19-29(34-5)20-16-27/h1-2,8-20,24,32H,21-23H2,3-5H3. The van der Waals surface area contributed by atoms with Crippen molar-refractivity contribution in [2.75, 3.05) is 34.0 Å². The first-order valence-corrected chi connectivity index (χ1v) is 11.8. The summed E-state index contributed by atoms with van der Waals surface area (Å²) in [4.78, 5) is 0. The number of ether oxygens (including phenoxy) is 5. The molecule has 0 amide bonds. The highest BCUT2D eigenvalue weighted by molar-refractivity contribution is 5.49. The fraction of sp³-hybridized carbons (Fsp3) is 0.290. The maximum atomic E-state index is 10.4. The van der Waals surface area contributed by atoms with Gasteiger partial charge in [0.05, 0.1) is 20.8 Å². The first-order chi connectivity index (χ1) is 18.0. The summed E-state index contributed by atoms with van der Waals surface area (Å²) in [6, 6.07) is 25.0. The lowest BCUT2D eigenvalue weighted by Crippen LogP contribution is -2.54. The van der Waals surface area contributed by atoms with Gasteiger partial charge in [0.25, 0.3) is 0 Å². The Bertz CT molecular complexity index is 1120. The molecule has 0 radical (unpaired) electrons. The van der Waals surface area contributed by atoms with Crippen LogP contribution in [-0.4, -0.2) is 51.0 Å². The fourth-order valence-corrected chi connectivity index (χ4v) is 4.21. The number of rotatable bonds is 13. The number of terminal acetylenes is 2. The van der Waals surface area contributed by atoms with Crippen LogP contribution in [0.25, 0.3) is 0 Å². The summed E-state index contributed by atoms with van der Waals surface area (Å²) in [5.41, 5.74) is 1.32. The van der Waals surface area contributed by atoms with Crippen LogP contribution in [0, 0.1) is 24.7 Å². The molecule has 1 N–H and O–H groups in total. The molecule has 0 saturated heterocycles. The molecular weight excluding hydrogens is 468 g/mol. The van der Waals surface area contributed by atoms with Crippen LogP contribution >= 0.6 is 0 Å². The fourth-order valence-electron chi connectivity index (χ4n) is 4.21. The van der Waals surface area contributed by atoms with Crippen molar-refractivity contribution in [2.24, 2.45) is 0 Å². The summed E-state index contributed by atoms with van der Waals surface area (Å²) >= 11 is 0. The molecule has 0 fully saturated rings. The molecular formula is C31H32O6. The summed E-state index contributed by atoms with van der Waals surface area (Å²) in [5.74, 6) is 4.64. The van der Waals surface area contributed by atoms with Gasteiger partial charge in [-0.05, 0) is 47.9 Å². The van der Waals surface area contributed by atoms with Crippen LogP contribution in [0.2, 0.25) is 0 Å². The first kappa shape index (κ1) is 27.8. The molecule has 0 spiro atoms. The van der Waals surface area contributed by atoms with Crippen molar-refractivity contribution in [2.45, 2.75) is 24.4 Å². The van der Waals surface area contributed by atoms with Crippen molar-refractivity contribution in [3.8, 4) is 36.2 Å². The van der Waals surface area contributed by atoms with Gasteiger partial charge < -0.3 is 28.8 Å². The van der Waals surface area contributed by atoms with E-state index in [2.05, 4.69) is 11.8 Å². The molecule has 0 aliphatic carbocycles. The zero-order chi connectivity index (χ0) is 26.7. The van der Waals surface area contributed by atoms with E-state index in [4.69, 9.17) is 36.5 Å². The Balaban J connectivity index is 2.27. The minimum absolute atomic E-state index is 0.109. The van der Waals surface area contributed by atoms with Crippen LogP contribution in [0.15, 0.2) is 78.9 Å². The highest BCUT2D eigenvalue weighted by Crippen LogP contribution is 2.44. The van der Waals surface area contributed by atoms with Gasteiger partial charge in [0.2, 0.25) is 5.79 Å². The van der Waals surface area contributed by atoms with E-state index in [1.165, 1.54) is 0 Å². The Kier molecular flexibility index (Phi) is 9.74. The highest BCUT2D eigenvalue weighted by atomic mass is 16.7. The maximum Gasteiger partial charge on any atom is 0.220 e. The van der Waals surface area contributed by atoms with E-state index in [1.54, 1.807) is 21.1 Å². The zero-order valence-corrected chi connectivity index (χ0v) is 21.3. The number of hydrogen-bond donors (Lipinski definition) is 1. The summed E-state index contributed by atoms with van der Waals surface area (Å²) in [5, 5.41) is 10.4. The normalized spacial score (nSPS) is 12.3. The van der Waals surface area contributed by atoms with Crippen molar-refractivity contribution in [1.29, 1.82) is 0 Å². The average Bonchev–Trinajstić information content (AvgIpc) is 2.97. The molecule has 6 nitrogen and oxygen atoms in total. The Morgan fingerprint density at radius 3 is 1.54 bits per heavy atom. The van der Waals surface area contributed by atoms with Crippen LogP contribution in [0.5, 0.6) is 11.5 Å². The van der Waals surface area contributed by atoms with Gasteiger partial charge in [0.1, 0.15) is 36.4 Å². The predicted molar refractivity (Wildman–Crippen MR) is 142 cm³/mol. The second-order valence-electron chi connectivity index (χ2n) is 8.22. The molecule has 0 aliphatic heterocycles. The minimum Gasteiger partial charge on any atom is -0.497 e. The third-order valence-corrected chi connectivity index (χ3v) is 6.17. The summed E-state index contributed by atoms with van der Waals surface area (Å²) < 4.78 is 29.5. The van der Waals surface area contributed by atoms with Crippen molar-refractivity contribution >= 4 is 0 Å². The van der Waals surface area contributed by atoms with Gasteiger partial charge in [-0.1, -0.05) is 66.4 Å². The van der Waals surface area contributed by atoms with Gasteiger partial charge in [0.15, 0.2) is 0 Å². The van der Waals surface area contributed by atoms with Crippen LogP contribution in [0.1, 0.15) is 23.6 Å². The summed E-state index contributed by atoms with van der Waals surface area (Å²) in [6.07, 6.45) is 10.1. The van der Waals surface area contributed by atoms with E-state index in [0.717, 1.165) is 16.7 Å². The van der Waals surface area contributed by atoms with Gasteiger partial charge in [-0.3, -0.25) is 0 Å². The molecule has 6 heteroatoms. The molecule has 0 saturated carbocycles. The molecule has 0 bridgehead atoms. The van der Waals surface area contributed by atoms with Crippen molar-refractivity contribution in [3.05, 3.63) is 95.6 Å². The highest BCUT2D eigenvalue weighted by Gasteiger charge is 2.47. The van der Waals surface area contributed by atoms with Crippen molar-refractivity contribution in [1.82, 2.24) is 0 Å². The van der Waals surface area contributed by atoms with Gasteiger partial charge >= 0.3 is 0 Å². The maximum absolute atomic E-state index is 10.4. The van der Waals surface area contributed by atoms with Crippen LogP contribution in [-0.2, 0) is 19.8 Å². The molecule has 3 rings (SSSR count). The molecule has 3 aromatic rings. The van der Waals surface area contributed by atoms with Crippen LogP contribution < -0.4 is 9.47 Å². The number of methoxy groups -OCH3 is 2. The SMILES string of the molecule is C#CCOC(CO)(OCC#C)C(C)OC(c1ccccc1)(c1ccc(OC)cc1)c1ccc(OC)cc1. The van der Waals surface area contributed by atoms with E-state index < -0.39 is 24.1 Å². The van der Waals surface area contributed by atoms with Crippen molar-refractivity contribution < 1.29 is 28.8 Å². The Labute approximate surface area is 219 Å². The number of benzene rings is 3. The Morgan fingerprint density at radius 2 is 1.16 bits per heavy atom. The number of hydrogen-bond acceptors (Lipinski definition) is 6. The van der Waals surface area contributed by atoms with Gasteiger partial charge in [-0.25, -0.2) is 0 Å². The van der Waals surface area contributed by atoms with E-state index in [0.29, 0.717) is 11.5 Å². The van der Waals surface area contributed by atoms with E-state index >= 15 is 0 Å². The Hall–Kier alpha value is -3.78. The molecule has 1 atom stereocenters. The topological polar surface area (TPSA) is 66.4 Å². The second kappa shape index (κ2) is 13.0. The second-order valence-corrected chi connectivity index (χ2v) is 8.22. The molecule has 1 unspecified atom stereocenters. The minimum atomic E-state index is -1.61. The largest absolute Gasteiger partial charge is 0.497 e. The molecule has 37 heavy (non-hydrogen) atoms. The van der Waals surface area contributed by atoms with E-state index in [-0.39, 0.29) is 13.2 Å². The quantitative estimate of drug-likeness (QED) is 0.213. The lowest BCUT2D eigenvalue weighted by atomic mass is 9.79. The lowest BCUT2D eigenvalue weighted by molar-refractivity contribution is -0.304. The van der Waals surface area contributed by atoms with Gasteiger partial charge in [-0.15, -0.1) is 12.8 Å². The molecule has 0 aromatic heterocycles. The van der Waals surface area contributed by atoms with E-state index in [9.17, 15) is 5.11 Å². The van der Waals surface area contributed by atoms with Crippen LogP contribution in [0.4, 0.5) is 0 Å². The smallest absolute Gasteiger partial charge is 0.220 e. The Morgan fingerprint density at radius 1 is 0.730 bits per heavy atom. The summed E-state index contributed by atoms with van der Waals surface area (Å²) in [6.45, 7) is 1.01. The molecule has 3 aromatic carbocycles. The monoisotopic (exact) mass is 500 g/mol. The lowest BCUT2D eigenvalue weighted by Gasteiger charge is -2.43. The first-order valence-electron chi connectivity index (χ1n) is 11.8. The average molecular weight is 501 g/mol. The number of aliphatic hydroxyl groups excluding tert-OH is 1. The van der Waals surface area contributed by atoms with Gasteiger partial charge in [-0.2, -0.15) is 0 Å². The third kappa shape index (κ3) is 5.97. The third-order valence-electron chi connectivity index (χ3n) is 6.17. The van der Waals surface area contributed by atoms with Gasteiger partial charge in [0, 0.05) is 0 Å². The molecule has 0 aliphatic rings. The molecule has 0 heterocycles. The van der Waals surface area contributed by atoms with Crippen molar-refractivity contribution in [3.63, 3.8) is 0 Å². The zero-order valence-electron chi connectivity index (χ0n) is 21.3. The number of aliphatic hydroxyl groups is 1. The summed E-state index contributed by atoms with van der Waals surface area (Å²) in [7, 11) is 3.23. The predicted octanol–water partition coefficient (Wildman–Crippen LogP) is 4.39. The molecule has 192 valence electrons. The van der Waals surface area contributed by atoms with E-state index in [1.807, 2.05) is 78.9 Å². The van der Waals surface area contributed by atoms with Crippen LogP contribution in [0.3, 0.4) is 0 Å².